The molecule has 0 aliphatic heterocycles. The van der Waals surface area contributed by atoms with Crippen LogP contribution in [0.4, 0.5) is 0 Å². The molecule has 9 heteroatoms. The molecule has 0 spiro atoms. The first kappa shape index (κ1) is 82.0. The number of likely N-dealkylation sites (N-methyl/N-ethyl adjacent to an activating group) is 1. The molecule has 0 saturated carbocycles. The zero-order chi connectivity index (χ0) is 61.9. The molecule has 496 valence electrons. The molecule has 2 unspecified atom stereocenters. The van der Waals surface area contributed by atoms with Crippen LogP contribution in [0, 0.1) is 0 Å². The molecule has 0 aromatic rings. The summed E-state index contributed by atoms with van der Waals surface area (Å²) in [6.07, 6.45) is 85.3. The smallest absolute Gasteiger partial charge is 0.361 e. The number of rotatable bonds is 68. The van der Waals surface area contributed by atoms with E-state index in [1.54, 1.807) is 0 Å². The number of carboxylic acids is 1. The van der Waals surface area contributed by atoms with E-state index in [4.69, 9.17) is 18.9 Å². The summed E-state index contributed by atoms with van der Waals surface area (Å²) in [5.74, 6) is -2.04. The Labute approximate surface area is 526 Å². The fraction of sp³-hybridized carbons (Fsp3) is 0.829. The lowest BCUT2D eigenvalue weighted by Gasteiger charge is -2.25. The number of esters is 2. The number of carbonyl (C=O) groups is 3. The number of aliphatic carboxylic acids is 1. The number of unbranched alkanes of at least 4 members (excludes halogenated alkanes) is 43. The van der Waals surface area contributed by atoms with Crippen molar-refractivity contribution in [3.63, 3.8) is 0 Å². The van der Waals surface area contributed by atoms with E-state index < -0.39 is 24.3 Å². The lowest BCUT2D eigenvalue weighted by molar-refractivity contribution is -0.870. The number of hydrogen-bond donors (Lipinski definition) is 1. The van der Waals surface area contributed by atoms with Crippen molar-refractivity contribution >= 4 is 17.9 Å². The number of ether oxygens (including phenoxy) is 4. The van der Waals surface area contributed by atoms with Crippen LogP contribution in [0.25, 0.3) is 0 Å². The first-order valence-corrected chi connectivity index (χ1v) is 36.5. The second-order valence-electron chi connectivity index (χ2n) is 25.9. The fourth-order valence-corrected chi connectivity index (χ4v) is 10.8. The molecule has 85 heavy (non-hydrogen) atoms. The highest BCUT2D eigenvalue weighted by Crippen LogP contribution is 2.19. The molecule has 0 saturated heterocycles. The average molecular weight is 1200 g/mol. The average Bonchev–Trinajstić information content (AvgIpc) is 3.48. The Hall–Kier alpha value is -3.01. The molecule has 0 radical (unpaired) electrons. The van der Waals surface area contributed by atoms with Crippen molar-refractivity contribution in [1.82, 2.24) is 0 Å². The highest BCUT2D eigenvalue weighted by Gasteiger charge is 2.25. The first-order valence-electron chi connectivity index (χ1n) is 36.5. The SMILES string of the molecule is CC/C=C\C/C=C\C/C=C\C/C=C\C/C=C\CCCCCC(=O)OC(COC(=O)CCCCCCCCCCCCCCCCCCCCCCCCCCCCCCCCCCCCCCCCCCC)COC(OCC[N+](C)(C)C)C(=O)O. The van der Waals surface area contributed by atoms with Crippen molar-refractivity contribution in [3.8, 4) is 0 Å². The van der Waals surface area contributed by atoms with Crippen LogP contribution in [-0.2, 0) is 33.3 Å². The van der Waals surface area contributed by atoms with Crippen LogP contribution in [0.1, 0.15) is 348 Å². The van der Waals surface area contributed by atoms with Gasteiger partial charge in [-0.25, -0.2) is 4.79 Å². The van der Waals surface area contributed by atoms with Gasteiger partial charge in [0.25, 0.3) is 6.29 Å². The van der Waals surface area contributed by atoms with E-state index in [9.17, 15) is 19.5 Å². The van der Waals surface area contributed by atoms with Gasteiger partial charge in [-0.05, 0) is 57.8 Å². The topological polar surface area (TPSA) is 108 Å². The standard InChI is InChI=1S/C76H139NO8/c1-6-8-10-12-14-16-18-20-22-24-26-27-28-29-30-31-32-33-34-35-36-37-38-39-40-41-42-43-44-45-46-47-49-50-52-54-56-58-60-62-64-66-73(78)83-70-72(71-84-76(75(80)81)82-69-68-77(3,4)5)85-74(79)67-65-63-61-59-57-55-53-51-48-25-23-21-19-17-15-13-11-9-7-2/h9,11,15,17,21,23,48,51,55,57,72,76H,6-8,10,12-14,16,18-20,22,24-47,49-50,52-54,56,58-71H2,1-5H3/p+1/b11-9-,17-15-,23-21-,51-48-,57-55-. The van der Waals surface area contributed by atoms with Crippen molar-refractivity contribution in [1.29, 1.82) is 0 Å². The Kier molecular flexibility index (Phi) is 64.6. The molecule has 9 nitrogen and oxygen atoms in total. The maximum Gasteiger partial charge on any atom is 0.361 e. The van der Waals surface area contributed by atoms with Crippen LogP contribution in [0.2, 0.25) is 0 Å². The Morgan fingerprint density at radius 1 is 0.365 bits per heavy atom. The van der Waals surface area contributed by atoms with Crippen molar-refractivity contribution in [2.24, 2.45) is 0 Å². The maximum absolute atomic E-state index is 12.9. The minimum absolute atomic E-state index is 0.180. The summed E-state index contributed by atoms with van der Waals surface area (Å²) in [6.45, 7) is 4.77. The molecule has 2 atom stereocenters. The van der Waals surface area contributed by atoms with Gasteiger partial charge in [-0.3, -0.25) is 9.59 Å². The summed E-state index contributed by atoms with van der Waals surface area (Å²) in [5.41, 5.74) is 0. The fourth-order valence-electron chi connectivity index (χ4n) is 10.8. The lowest BCUT2D eigenvalue weighted by Crippen LogP contribution is -2.40. The highest BCUT2D eigenvalue weighted by molar-refractivity contribution is 5.71. The van der Waals surface area contributed by atoms with E-state index in [-0.39, 0.29) is 32.2 Å². The summed E-state index contributed by atoms with van der Waals surface area (Å²) < 4.78 is 22.9. The third-order valence-corrected chi connectivity index (χ3v) is 16.3. The zero-order valence-corrected chi connectivity index (χ0v) is 56.8. The van der Waals surface area contributed by atoms with Crippen molar-refractivity contribution < 1.29 is 42.9 Å². The molecule has 0 bridgehead atoms. The molecular formula is C76H140NO8+. The third kappa shape index (κ3) is 68.3. The van der Waals surface area contributed by atoms with Gasteiger partial charge in [-0.2, -0.15) is 0 Å². The monoisotopic (exact) mass is 1200 g/mol. The van der Waals surface area contributed by atoms with Gasteiger partial charge in [0.2, 0.25) is 0 Å². The summed E-state index contributed by atoms with van der Waals surface area (Å²) in [6, 6.07) is 0. The molecule has 0 amide bonds. The molecule has 1 N–H and O–H groups in total. The van der Waals surface area contributed by atoms with E-state index in [0.717, 1.165) is 70.6 Å². The van der Waals surface area contributed by atoms with Gasteiger partial charge in [0, 0.05) is 12.8 Å². The molecule has 0 aliphatic carbocycles. The van der Waals surface area contributed by atoms with Gasteiger partial charge < -0.3 is 28.5 Å². The summed E-state index contributed by atoms with van der Waals surface area (Å²) in [4.78, 5) is 37.5. The van der Waals surface area contributed by atoms with Crippen LogP contribution >= 0.6 is 0 Å². The van der Waals surface area contributed by atoms with E-state index in [2.05, 4.69) is 74.6 Å². The number of nitrogens with zero attached hydrogens (tertiary/aromatic N) is 1. The Bertz CT molecular complexity index is 1580. The Morgan fingerprint density at radius 2 is 0.671 bits per heavy atom. The number of quaternary nitrogens is 1. The zero-order valence-electron chi connectivity index (χ0n) is 56.8. The first-order chi connectivity index (χ1) is 41.6. The summed E-state index contributed by atoms with van der Waals surface area (Å²) >= 11 is 0. The molecule has 0 aromatic carbocycles. The predicted octanol–water partition coefficient (Wildman–Crippen LogP) is 22.7. The quantitative estimate of drug-likeness (QED) is 0.0211. The minimum Gasteiger partial charge on any atom is -0.477 e. The van der Waals surface area contributed by atoms with Crippen LogP contribution in [0.15, 0.2) is 60.8 Å². The minimum atomic E-state index is -1.52. The van der Waals surface area contributed by atoms with Gasteiger partial charge in [-0.15, -0.1) is 0 Å². The number of allylic oxidation sites excluding steroid dienone is 10. The normalized spacial score (nSPS) is 13.0. The summed E-state index contributed by atoms with van der Waals surface area (Å²) in [7, 11) is 5.97. The number of carbonyl (C=O) groups excluding carboxylic acids is 2. The molecule has 0 rings (SSSR count). The Balaban J connectivity index is 3.93. The molecule has 0 aliphatic rings. The van der Waals surface area contributed by atoms with Gasteiger partial charge in [0.05, 0.1) is 34.4 Å². The van der Waals surface area contributed by atoms with Gasteiger partial charge in [0.15, 0.2) is 6.10 Å². The second kappa shape index (κ2) is 66.9. The van der Waals surface area contributed by atoms with E-state index in [1.807, 2.05) is 21.1 Å². The number of hydrogen-bond acceptors (Lipinski definition) is 7. The van der Waals surface area contributed by atoms with Crippen LogP contribution in [0.5, 0.6) is 0 Å². The molecule has 0 heterocycles. The van der Waals surface area contributed by atoms with Crippen molar-refractivity contribution in [2.45, 2.75) is 360 Å². The van der Waals surface area contributed by atoms with E-state index in [1.165, 1.54) is 244 Å². The van der Waals surface area contributed by atoms with Crippen LogP contribution in [0.3, 0.4) is 0 Å². The number of carboxylic acid groups (broad SMARTS) is 1. The van der Waals surface area contributed by atoms with Gasteiger partial charge >= 0.3 is 17.9 Å². The third-order valence-electron chi connectivity index (χ3n) is 16.3. The molecule has 0 fully saturated rings. The van der Waals surface area contributed by atoms with Crippen molar-refractivity contribution in [2.75, 3.05) is 47.5 Å². The van der Waals surface area contributed by atoms with Gasteiger partial charge in [0.1, 0.15) is 13.2 Å². The maximum atomic E-state index is 12.9. The van der Waals surface area contributed by atoms with Crippen LogP contribution < -0.4 is 0 Å². The van der Waals surface area contributed by atoms with E-state index in [0.29, 0.717) is 23.9 Å². The van der Waals surface area contributed by atoms with E-state index >= 15 is 0 Å². The predicted molar refractivity (Wildman–Crippen MR) is 364 cm³/mol. The second-order valence-corrected chi connectivity index (χ2v) is 25.9. The molecule has 0 aromatic heterocycles. The Morgan fingerprint density at radius 3 is 1.00 bits per heavy atom. The van der Waals surface area contributed by atoms with Gasteiger partial charge in [-0.1, -0.05) is 338 Å². The summed E-state index contributed by atoms with van der Waals surface area (Å²) in [5, 5.41) is 9.73. The van der Waals surface area contributed by atoms with Crippen molar-refractivity contribution in [3.05, 3.63) is 60.8 Å². The highest BCUT2D eigenvalue weighted by atomic mass is 16.7. The van der Waals surface area contributed by atoms with Crippen LogP contribution in [-0.4, -0.2) is 87.4 Å². The largest absolute Gasteiger partial charge is 0.477 e. The molecular weight excluding hydrogens is 1050 g/mol. The lowest BCUT2D eigenvalue weighted by atomic mass is 10.0.